The highest BCUT2D eigenvalue weighted by Crippen LogP contribution is 2.47. The highest BCUT2D eigenvalue weighted by atomic mass is 32.2. The van der Waals surface area contributed by atoms with Gasteiger partial charge < -0.3 is 5.11 Å². The topological polar surface area (TPSA) is 32.8 Å². The number of hydrogen-bond donors (Lipinski definition) is 1. The average Bonchev–Trinajstić information content (AvgIpc) is 2.45. The fourth-order valence-electron chi connectivity index (χ4n) is 0.416. The van der Waals surface area contributed by atoms with Gasteiger partial charge in [-0.15, -0.1) is 6.58 Å². The van der Waals surface area contributed by atoms with E-state index in [2.05, 4.69) is 10.8 Å². The Hall–Kier alpha value is 0.0100. The van der Waals surface area contributed by atoms with Crippen molar-refractivity contribution in [2.45, 2.75) is 18.0 Å². The van der Waals surface area contributed by atoms with Gasteiger partial charge in [0.25, 0.3) is 5.12 Å². The smallest absolute Gasteiger partial charge is 0.253 e. The molecule has 1 saturated heterocycles. The fourth-order valence-corrected chi connectivity index (χ4v) is 0.797. The Morgan fingerprint density at radius 1 is 1.88 bits per heavy atom. The highest BCUT2D eigenvalue weighted by Gasteiger charge is 2.44. The van der Waals surface area contributed by atoms with Crippen molar-refractivity contribution in [2.24, 2.45) is 0 Å². The van der Waals surface area contributed by atoms with Gasteiger partial charge in [-0.25, -0.2) is 0 Å². The van der Waals surface area contributed by atoms with Crippen LogP contribution in [0.2, 0.25) is 0 Å². The average molecular weight is 132 g/mol. The van der Waals surface area contributed by atoms with Gasteiger partial charge in [-0.05, 0) is 6.42 Å². The molecule has 0 saturated carbocycles. The Balaban J connectivity index is 2.09. The molecule has 1 rings (SSSR count). The third kappa shape index (κ3) is 1.51. The molecule has 1 N–H and O–H groups in total. The minimum atomic E-state index is -0.853. The van der Waals surface area contributed by atoms with E-state index in [-0.39, 0.29) is 0 Å². The second-order valence-electron chi connectivity index (χ2n) is 1.71. The van der Waals surface area contributed by atoms with Crippen molar-refractivity contribution in [1.29, 1.82) is 0 Å². The van der Waals surface area contributed by atoms with Crippen molar-refractivity contribution < 1.29 is 9.29 Å². The summed E-state index contributed by atoms with van der Waals surface area (Å²) in [6, 6.07) is 0. The van der Waals surface area contributed by atoms with Crippen molar-refractivity contribution >= 4 is 12.0 Å². The van der Waals surface area contributed by atoms with E-state index < -0.39 is 5.12 Å². The van der Waals surface area contributed by atoms with Gasteiger partial charge in [-0.3, -0.25) is 4.18 Å². The standard InChI is InChI=1S/C5H8O2S/c1-2-3-4-5(6)7-8-5/h2,6H,1,3-4H2. The third-order valence-electron chi connectivity index (χ3n) is 0.940. The van der Waals surface area contributed by atoms with Gasteiger partial charge in [0.2, 0.25) is 0 Å². The molecule has 3 heteroatoms. The van der Waals surface area contributed by atoms with Crippen LogP contribution in [0.1, 0.15) is 12.8 Å². The zero-order valence-corrected chi connectivity index (χ0v) is 5.28. The molecule has 0 aromatic rings. The molecule has 0 aromatic carbocycles. The molecule has 0 radical (unpaired) electrons. The van der Waals surface area contributed by atoms with Gasteiger partial charge in [0, 0.05) is 6.42 Å². The van der Waals surface area contributed by atoms with Crippen LogP contribution in [0.5, 0.6) is 0 Å². The van der Waals surface area contributed by atoms with Crippen LogP contribution in [-0.2, 0) is 4.18 Å². The predicted molar refractivity (Wildman–Crippen MR) is 33.1 cm³/mol. The zero-order chi connectivity index (χ0) is 6.04. The molecule has 2 nitrogen and oxygen atoms in total. The maximum Gasteiger partial charge on any atom is 0.253 e. The van der Waals surface area contributed by atoms with Crippen LogP contribution in [0.25, 0.3) is 0 Å². The van der Waals surface area contributed by atoms with Crippen molar-refractivity contribution in [3.63, 3.8) is 0 Å². The SMILES string of the molecule is C=CCCC1(O)OS1. The van der Waals surface area contributed by atoms with Crippen LogP contribution < -0.4 is 0 Å². The molecule has 1 atom stereocenters. The van der Waals surface area contributed by atoms with E-state index in [1.165, 1.54) is 0 Å². The van der Waals surface area contributed by atoms with Gasteiger partial charge in [0.05, 0.1) is 12.0 Å². The first-order valence-corrected chi connectivity index (χ1v) is 3.21. The number of aliphatic hydroxyl groups is 1. The van der Waals surface area contributed by atoms with Gasteiger partial charge in [-0.1, -0.05) is 6.08 Å². The molecule has 0 spiro atoms. The summed E-state index contributed by atoms with van der Waals surface area (Å²) in [6.45, 7) is 3.52. The molecule has 8 heavy (non-hydrogen) atoms. The quantitative estimate of drug-likeness (QED) is 0.356. The summed E-state index contributed by atoms with van der Waals surface area (Å²) in [5.41, 5.74) is 0. The Labute approximate surface area is 52.7 Å². The lowest BCUT2D eigenvalue weighted by Crippen LogP contribution is -2.03. The second kappa shape index (κ2) is 2.09. The fraction of sp³-hybridized carbons (Fsp3) is 0.600. The van der Waals surface area contributed by atoms with E-state index in [1.54, 1.807) is 6.08 Å². The van der Waals surface area contributed by atoms with Crippen LogP contribution in [-0.4, -0.2) is 10.2 Å². The minimum Gasteiger partial charge on any atom is -0.355 e. The molecule has 1 heterocycles. The molecule has 1 unspecified atom stereocenters. The normalized spacial score (nSPS) is 34.6. The van der Waals surface area contributed by atoms with Crippen LogP contribution in [0.4, 0.5) is 0 Å². The van der Waals surface area contributed by atoms with Gasteiger partial charge in [0.1, 0.15) is 0 Å². The Bertz CT molecular complexity index is 98.6. The first-order valence-electron chi connectivity index (χ1n) is 2.47. The molecule has 46 valence electrons. The van der Waals surface area contributed by atoms with E-state index in [0.29, 0.717) is 6.42 Å². The van der Waals surface area contributed by atoms with Crippen molar-refractivity contribution in [3.05, 3.63) is 12.7 Å². The lowest BCUT2D eigenvalue weighted by atomic mass is 10.3. The molecule has 0 aromatic heterocycles. The maximum absolute atomic E-state index is 8.95. The molecule has 0 aliphatic carbocycles. The van der Waals surface area contributed by atoms with Gasteiger partial charge >= 0.3 is 0 Å². The van der Waals surface area contributed by atoms with E-state index in [0.717, 1.165) is 18.5 Å². The number of allylic oxidation sites excluding steroid dienone is 1. The van der Waals surface area contributed by atoms with Crippen LogP contribution in [0.3, 0.4) is 0 Å². The van der Waals surface area contributed by atoms with Crippen molar-refractivity contribution in [3.8, 4) is 0 Å². The summed E-state index contributed by atoms with van der Waals surface area (Å²) < 4.78 is 4.62. The molecule has 1 aliphatic heterocycles. The largest absolute Gasteiger partial charge is 0.355 e. The van der Waals surface area contributed by atoms with E-state index in [9.17, 15) is 0 Å². The predicted octanol–water partition coefficient (Wildman–Crippen LogP) is 1.28. The summed E-state index contributed by atoms with van der Waals surface area (Å²) in [6.07, 6.45) is 3.23. The third-order valence-corrected chi connectivity index (χ3v) is 1.70. The number of hydrogen-bond acceptors (Lipinski definition) is 3. The van der Waals surface area contributed by atoms with E-state index in [1.807, 2.05) is 0 Å². The molecule has 1 fully saturated rings. The van der Waals surface area contributed by atoms with Gasteiger partial charge in [0.15, 0.2) is 0 Å². The second-order valence-corrected chi connectivity index (χ2v) is 2.68. The summed E-state index contributed by atoms with van der Waals surface area (Å²) >= 11 is 1.12. The Morgan fingerprint density at radius 3 is 2.88 bits per heavy atom. The first kappa shape index (κ1) is 6.13. The van der Waals surface area contributed by atoms with E-state index >= 15 is 0 Å². The van der Waals surface area contributed by atoms with Crippen LogP contribution >= 0.6 is 12.0 Å². The lowest BCUT2D eigenvalue weighted by molar-refractivity contribution is 0.0301. The summed E-state index contributed by atoms with van der Waals surface area (Å²) in [5, 5.41) is 8.10. The minimum absolute atomic E-state index is 0.654. The lowest BCUT2D eigenvalue weighted by Gasteiger charge is -1.94. The summed E-state index contributed by atoms with van der Waals surface area (Å²) in [7, 11) is 0. The summed E-state index contributed by atoms with van der Waals surface area (Å²) in [4.78, 5) is 0. The highest BCUT2D eigenvalue weighted by molar-refractivity contribution is 8.01. The van der Waals surface area contributed by atoms with Gasteiger partial charge in [-0.2, -0.15) is 0 Å². The molecule has 0 amide bonds. The molecule has 0 bridgehead atoms. The Kier molecular flexibility index (Phi) is 1.60. The monoisotopic (exact) mass is 132 g/mol. The summed E-state index contributed by atoms with van der Waals surface area (Å²) in [5.74, 6) is 0. The first-order chi connectivity index (χ1) is 3.77. The van der Waals surface area contributed by atoms with E-state index in [4.69, 9.17) is 5.11 Å². The van der Waals surface area contributed by atoms with Crippen LogP contribution in [0.15, 0.2) is 12.7 Å². The van der Waals surface area contributed by atoms with Crippen molar-refractivity contribution in [1.82, 2.24) is 0 Å². The molecular formula is C5H8O2S. The molecule has 1 aliphatic rings. The zero-order valence-electron chi connectivity index (χ0n) is 4.46. The Morgan fingerprint density at radius 2 is 2.50 bits per heavy atom. The molecular weight excluding hydrogens is 124 g/mol. The number of rotatable bonds is 3. The maximum atomic E-state index is 8.95. The van der Waals surface area contributed by atoms with Crippen LogP contribution in [0, 0.1) is 0 Å². The van der Waals surface area contributed by atoms with Crippen molar-refractivity contribution in [2.75, 3.05) is 0 Å².